The lowest BCUT2D eigenvalue weighted by Crippen LogP contribution is -2.39. The molecule has 0 saturated heterocycles. The van der Waals surface area contributed by atoms with Crippen LogP contribution in [-0.2, 0) is 16.6 Å². The van der Waals surface area contributed by atoms with Crippen LogP contribution in [-0.4, -0.2) is 36.3 Å². The summed E-state index contributed by atoms with van der Waals surface area (Å²) in [5, 5.41) is 10.8. The maximum Gasteiger partial charge on any atom is 0.227 e. The molecule has 0 fully saturated rings. The number of amides is 1. The zero-order valence-corrected chi connectivity index (χ0v) is 39.1. The molecule has 1 N–H and O–H groups in total. The number of nitrogens with zero attached hydrogens (tertiary/aromatic N) is 4. The van der Waals surface area contributed by atoms with Gasteiger partial charge >= 0.3 is 0 Å². The second kappa shape index (κ2) is 19.0. The number of likely N-dealkylation sites (N-methyl/N-ethyl adjacent to an activating group) is 1. The molecule has 1 amide bonds. The molecule has 332 valence electrons. The van der Waals surface area contributed by atoms with Gasteiger partial charge in [-0.2, -0.15) is 4.57 Å². The first kappa shape index (κ1) is 43.9. The molecule has 4 unspecified atom stereocenters. The molecule has 1 aliphatic carbocycles. The first-order chi connectivity index (χ1) is 31.7. The average molecular weight is 863 g/mol. The van der Waals surface area contributed by atoms with Crippen LogP contribution in [0.5, 0.6) is 0 Å². The van der Waals surface area contributed by atoms with E-state index in [0.29, 0.717) is 11.8 Å². The standard InChI is InChI=1S/C58H63N5O2/c1-7-40(21-22-41(42-30-35-59-36-31-42)29-34-58(3,8-2)57(64)60-39-65-6)43-32-37-63(38-33-43)56-46(25-27-50-48-17-9-13-44-15-11-19-52(54(44)48)61(50)4)23-24-47(56)26-28-51-49-18-10-14-45-16-12-20-53(55(45)49)62(51)5/h9-20,25-28,30-33,35-38,40-41,50H,7-8,21-24,29,34,39H2,1-6H3/p+1. The number of benzene rings is 4. The van der Waals surface area contributed by atoms with Crippen LogP contribution in [0.25, 0.3) is 44.2 Å². The number of carbonyl (C=O) groups is 1. The van der Waals surface area contributed by atoms with E-state index >= 15 is 0 Å². The third-order valence-corrected chi connectivity index (χ3v) is 15.0. The van der Waals surface area contributed by atoms with Crippen molar-refractivity contribution in [3.05, 3.63) is 173 Å². The van der Waals surface area contributed by atoms with Crippen molar-refractivity contribution in [1.82, 2.24) is 14.9 Å². The third-order valence-electron chi connectivity index (χ3n) is 15.0. The van der Waals surface area contributed by atoms with E-state index in [9.17, 15) is 4.79 Å². The van der Waals surface area contributed by atoms with Crippen molar-refractivity contribution in [2.24, 2.45) is 12.5 Å². The lowest BCUT2D eigenvalue weighted by Gasteiger charge is -2.29. The predicted molar refractivity (Wildman–Crippen MR) is 268 cm³/mol. The van der Waals surface area contributed by atoms with Crippen molar-refractivity contribution >= 4 is 55.8 Å². The van der Waals surface area contributed by atoms with E-state index in [-0.39, 0.29) is 18.7 Å². The molecule has 1 aliphatic heterocycles. The Morgan fingerprint density at radius 2 is 1.54 bits per heavy atom. The zero-order chi connectivity index (χ0) is 45.1. The van der Waals surface area contributed by atoms with Gasteiger partial charge in [-0.05, 0) is 121 Å². The summed E-state index contributed by atoms with van der Waals surface area (Å²) in [6, 6.07) is 35.8. The van der Waals surface area contributed by atoms with Crippen LogP contribution in [0.15, 0.2) is 151 Å². The van der Waals surface area contributed by atoms with Gasteiger partial charge in [-0.3, -0.25) is 9.78 Å². The smallest absolute Gasteiger partial charge is 0.227 e. The Hall–Kier alpha value is -6.31. The fraction of sp³-hybridized carbons (Fsp3) is 0.328. The molecule has 4 aromatic carbocycles. The number of hydrogen-bond donors (Lipinski definition) is 1. The fourth-order valence-electron chi connectivity index (χ4n) is 10.8. The minimum absolute atomic E-state index is 0.0631. The van der Waals surface area contributed by atoms with Crippen molar-refractivity contribution in [3.63, 3.8) is 0 Å². The second-order valence-corrected chi connectivity index (χ2v) is 18.6. The van der Waals surface area contributed by atoms with Gasteiger partial charge in [0.05, 0.1) is 6.04 Å². The van der Waals surface area contributed by atoms with E-state index in [1.807, 2.05) is 12.4 Å². The van der Waals surface area contributed by atoms with Gasteiger partial charge in [0.1, 0.15) is 6.73 Å². The van der Waals surface area contributed by atoms with Gasteiger partial charge in [0.25, 0.3) is 0 Å². The van der Waals surface area contributed by atoms with E-state index < -0.39 is 5.41 Å². The third kappa shape index (κ3) is 8.55. The van der Waals surface area contributed by atoms with E-state index in [2.05, 4.69) is 193 Å². The summed E-state index contributed by atoms with van der Waals surface area (Å²) in [6.45, 7) is 6.75. The molecule has 65 heavy (non-hydrogen) atoms. The van der Waals surface area contributed by atoms with Crippen LogP contribution < -0.4 is 20.1 Å². The Kier molecular flexibility index (Phi) is 12.9. The highest BCUT2D eigenvalue weighted by molar-refractivity contribution is 6.10. The highest BCUT2D eigenvalue weighted by Crippen LogP contribution is 2.45. The van der Waals surface area contributed by atoms with Gasteiger partial charge in [0, 0.05) is 95.0 Å². The summed E-state index contributed by atoms with van der Waals surface area (Å²) in [4.78, 5) is 20.0. The lowest BCUT2D eigenvalue weighted by atomic mass is 9.77. The number of carbonyl (C=O) groups excluding carboxylic acids is 1. The molecule has 0 bridgehead atoms. The van der Waals surface area contributed by atoms with Crippen molar-refractivity contribution in [2.75, 3.05) is 25.8 Å². The van der Waals surface area contributed by atoms with Crippen molar-refractivity contribution < 1.29 is 14.1 Å². The number of allylic oxidation sites excluding steroid dienone is 5. The van der Waals surface area contributed by atoms with Crippen LogP contribution in [0, 0.1) is 5.41 Å². The van der Waals surface area contributed by atoms with E-state index in [4.69, 9.17) is 4.74 Å². The Labute approximate surface area is 384 Å². The number of rotatable bonds is 17. The number of pyridine rings is 2. The summed E-state index contributed by atoms with van der Waals surface area (Å²) >= 11 is 0. The molecule has 3 aromatic heterocycles. The van der Waals surface area contributed by atoms with Crippen LogP contribution in [0.2, 0.25) is 0 Å². The topological polar surface area (TPSA) is 63.3 Å². The monoisotopic (exact) mass is 863 g/mol. The largest absolute Gasteiger partial charge is 0.364 e. The van der Waals surface area contributed by atoms with E-state index in [1.54, 1.807) is 7.11 Å². The number of ether oxygens (including phenoxy) is 1. The van der Waals surface area contributed by atoms with Crippen molar-refractivity contribution in [3.8, 4) is 0 Å². The molecule has 7 nitrogen and oxygen atoms in total. The SMILES string of the molecule is CCC(CCC(CCC(C)(CC)C(=O)NCOC)c1ccncc1)c1cc[n+](C2=C(C=CC3c4cccc5cccc(c45)N3C)CCC2=CC=c2c3cccc4cccc(c43)n2C)cc1. The van der Waals surface area contributed by atoms with E-state index in [0.717, 1.165) is 51.4 Å². The lowest BCUT2D eigenvalue weighted by molar-refractivity contribution is -0.579. The first-order valence-corrected chi connectivity index (χ1v) is 23.7. The molecule has 7 heteroatoms. The predicted octanol–water partition coefficient (Wildman–Crippen LogP) is 12.0. The van der Waals surface area contributed by atoms with Gasteiger partial charge in [0.2, 0.25) is 11.6 Å². The summed E-state index contributed by atoms with van der Waals surface area (Å²) in [7, 11) is 6.03. The van der Waals surface area contributed by atoms with Gasteiger partial charge < -0.3 is 19.5 Å². The maximum atomic E-state index is 13.2. The van der Waals surface area contributed by atoms with Gasteiger partial charge in [-0.1, -0.05) is 99.7 Å². The number of hydrogen-bond acceptors (Lipinski definition) is 4. The first-order valence-electron chi connectivity index (χ1n) is 23.7. The molecule has 2 aliphatic rings. The van der Waals surface area contributed by atoms with Gasteiger partial charge in [-0.15, -0.1) is 0 Å². The molecule has 9 rings (SSSR count). The summed E-state index contributed by atoms with van der Waals surface area (Å²) in [5.41, 5.74) is 10.1. The summed E-state index contributed by atoms with van der Waals surface area (Å²) < 4.78 is 9.88. The van der Waals surface area contributed by atoms with Crippen LogP contribution in [0.3, 0.4) is 0 Å². The van der Waals surface area contributed by atoms with Crippen molar-refractivity contribution in [2.45, 2.75) is 90.0 Å². The number of aromatic nitrogens is 3. The Bertz CT molecular complexity index is 2970. The Morgan fingerprint density at radius 3 is 2.28 bits per heavy atom. The molecular formula is C58H64N5O2+. The molecule has 0 radical (unpaired) electrons. The zero-order valence-electron chi connectivity index (χ0n) is 39.1. The molecule has 7 aromatic rings. The minimum atomic E-state index is -0.453. The number of nitrogens with one attached hydrogen (secondary N) is 1. The van der Waals surface area contributed by atoms with Crippen molar-refractivity contribution in [1.29, 1.82) is 0 Å². The fourth-order valence-corrected chi connectivity index (χ4v) is 10.8. The quantitative estimate of drug-likeness (QED) is 0.0732. The van der Waals surface area contributed by atoms with Gasteiger partial charge in [-0.25, -0.2) is 0 Å². The molecule has 4 atom stereocenters. The van der Waals surface area contributed by atoms with Gasteiger partial charge in [0.15, 0.2) is 12.4 Å². The van der Waals surface area contributed by atoms with Crippen LogP contribution >= 0.6 is 0 Å². The van der Waals surface area contributed by atoms with E-state index in [1.165, 1.54) is 77.0 Å². The number of aryl methyl sites for hydroxylation is 1. The second-order valence-electron chi connectivity index (χ2n) is 18.6. The molecule has 0 saturated carbocycles. The average Bonchev–Trinajstić information content (AvgIpc) is 3.97. The molecule has 0 spiro atoms. The normalized spacial score (nSPS) is 17.9. The number of methoxy groups -OCH3 is 1. The Balaban J connectivity index is 1.02. The maximum absolute atomic E-state index is 13.2. The molecular weight excluding hydrogens is 799 g/mol. The summed E-state index contributed by atoms with van der Waals surface area (Å²) in [6.07, 6.45) is 25.6. The van der Waals surface area contributed by atoms with Crippen LogP contribution in [0.1, 0.15) is 107 Å². The minimum Gasteiger partial charge on any atom is -0.364 e. The highest BCUT2D eigenvalue weighted by atomic mass is 16.5. The highest BCUT2D eigenvalue weighted by Gasteiger charge is 2.33. The number of anilines is 1. The summed E-state index contributed by atoms with van der Waals surface area (Å²) in [5.74, 6) is 0.810. The Morgan fingerprint density at radius 1 is 0.846 bits per heavy atom. The molecule has 4 heterocycles. The van der Waals surface area contributed by atoms with Crippen LogP contribution in [0.4, 0.5) is 5.69 Å².